The summed E-state index contributed by atoms with van der Waals surface area (Å²) in [7, 11) is 3.40. The second kappa shape index (κ2) is 6.26. The molecule has 1 fully saturated rings. The first-order valence-corrected chi connectivity index (χ1v) is 7.31. The molecule has 2 amide bonds. The Labute approximate surface area is 125 Å². The van der Waals surface area contributed by atoms with Gasteiger partial charge >= 0.3 is 0 Å². The molecule has 5 nitrogen and oxygen atoms in total. The Kier molecular flexibility index (Phi) is 4.63. The van der Waals surface area contributed by atoms with Crippen molar-refractivity contribution in [2.45, 2.75) is 31.7 Å². The van der Waals surface area contributed by atoms with Crippen LogP contribution in [0, 0.1) is 0 Å². The lowest BCUT2D eigenvalue weighted by Crippen LogP contribution is -2.54. The molecule has 0 saturated carbocycles. The highest BCUT2D eigenvalue weighted by molar-refractivity contribution is 6.05. The third-order valence-corrected chi connectivity index (χ3v) is 3.93. The van der Waals surface area contributed by atoms with E-state index in [9.17, 15) is 9.59 Å². The van der Waals surface area contributed by atoms with E-state index < -0.39 is 5.54 Å². The largest absolute Gasteiger partial charge is 0.345 e. The van der Waals surface area contributed by atoms with Crippen molar-refractivity contribution >= 4 is 17.5 Å². The zero-order valence-corrected chi connectivity index (χ0v) is 12.9. The maximum atomic E-state index is 12.5. The number of piperidine rings is 1. The van der Waals surface area contributed by atoms with Gasteiger partial charge in [0.15, 0.2) is 0 Å². The van der Waals surface area contributed by atoms with Crippen LogP contribution >= 0.6 is 0 Å². The highest BCUT2D eigenvalue weighted by Crippen LogP contribution is 2.23. The Morgan fingerprint density at radius 2 is 1.95 bits per heavy atom. The predicted octanol–water partition coefficient (Wildman–Crippen LogP) is 1.86. The molecule has 1 aromatic carbocycles. The Morgan fingerprint density at radius 1 is 1.24 bits per heavy atom. The van der Waals surface area contributed by atoms with Crippen molar-refractivity contribution in [2.75, 3.05) is 26.0 Å². The number of benzene rings is 1. The lowest BCUT2D eigenvalue weighted by Gasteiger charge is -2.33. The van der Waals surface area contributed by atoms with Gasteiger partial charge in [0.05, 0.1) is 16.8 Å². The van der Waals surface area contributed by atoms with Crippen molar-refractivity contribution < 1.29 is 9.59 Å². The Hall–Kier alpha value is -1.88. The number of amides is 2. The van der Waals surface area contributed by atoms with Gasteiger partial charge in [0, 0.05) is 14.1 Å². The third-order valence-electron chi connectivity index (χ3n) is 3.93. The van der Waals surface area contributed by atoms with Crippen LogP contribution in [0.5, 0.6) is 0 Å². The maximum absolute atomic E-state index is 12.5. The molecule has 1 atom stereocenters. The van der Waals surface area contributed by atoms with E-state index in [1.165, 1.54) is 4.90 Å². The van der Waals surface area contributed by atoms with Crippen molar-refractivity contribution in [3.8, 4) is 0 Å². The van der Waals surface area contributed by atoms with Gasteiger partial charge in [0.1, 0.15) is 0 Å². The van der Waals surface area contributed by atoms with Crippen molar-refractivity contribution in [1.82, 2.24) is 10.2 Å². The summed E-state index contributed by atoms with van der Waals surface area (Å²) in [5.74, 6) is -0.200. The second-order valence-corrected chi connectivity index (χ2v) is 5.92. The summed E-state index contributed by atoms with van der Waals surface area (Å²) < 4.78 is 0. The fourth-order valence-corrected chi connectivity index (χ4v) is 2.53. The number of nitrogens with one attached hydrogen (secondary N) is 2. The van der Waals surface area contributed by atoms with Gasteiger partial charge in [0.2, 0.25) is 5.91 Å². The third kappa shape index (κ3) is 3.42. The minimum atomic E-state index is -0.563. The monoisotopic (exact) mass is 289 g/mol. The van der Waals surface area contributed by atoms with E-state index in [4.69, 9.17) is 0 Å². The molecule has 2 rings (SSSR count). The average molecular weight is 289 g/mol. The van der Waals surface area contributed by atoms with Gasteiger partial charge in [-0.05, 0) is 44.9 Å². The summed E-state index contributed by atoms with van der Waals surface area (Å²) in [5, 5.41) is 6.19. The van der Waals surface area contributed by atoms with Gasteiger partial charge in [-0.15, -0.1) is 0 Å². The minimum absolute atomic E-state index is 0.0822. The number of hydrogen-bond donors (Lipinski definition) is 2. The number of para-hydroxylation sites is 1. The van der Waals surface area contributed by atoms with Gasteiger partial charge in [0.25, 0.3) is 5.91 Å². The van der Waals surface area contributed by atoms with Crippen LogP contribution in [0.3, 0.4) is 0 Å². The summed E-state index contributed by atoms with van der Waals surface area (Å²) in [5.41, 5.74) is 0.511. The number of hydrogen-bond acceptors (Lipinski definition) is 3. The zero-order chi connectivity index (χ0) is 15.5. The lowest BCUT2D eigenvalue weighted by atomic mass is 9.90. The van der Waals surface area contributed by atoms with Gasteiger partial charge in [-0.1, -0.05) is 12.1 Å². The number of rotatable bonds is 3. The van der Waals surface area contributed by atoms with E-state index in [0.29, 0.717) is 11.3 Å². The highest BCUT2D eigenvalue weighted by atomic mass is 16.2. The molecular formula is C16H23N3O2. The molecule has 21 heavy (non-hydrogen) atoms. The van der Waals surface area contributed by atoms with Crippen LogP contribution in [0.4, 0.5) is 5.69 Å². The zero-order valence-electron chi connectivity index (χ0n) is 12.9. The van der Waals surface area contributed by atoms with Gasteiger partial charge in [-0.3, -0.25) is 9.59 Å². The minimum Gasteiger partial charge on any atom is -0.345 e. The fourth-order valence-electron chi connectivity index (χ4n) is 2.53. The van der Waals surface area contributed by atoms with Crippen LogP contribution < -0.4 is 10.6 Å². The molecule has 0 radical (unpaired) electrons. The topological polar surface area (TPSA) is 61.4 Å². The predicted molar refractivity (Wildman–Crippen MR) is 83.3 cm³/mol. The average Bonchev–Trinajstić information content (AvgIpc) is 2.47. The molecule has 2 N–H and O–H groups in total. The molecule has 0 aliphatic carbocycles. The molecule has 0 aromatic heterocycles. The number of carbonyl (C=O) groups is 2. The summed E-state index contributed by atoms with van der Waals surface area (Å²) in [6.45, 7) is 2.76. The van der Waals surface area contributed by atoms with Crippen molar-refractivity contribution in [3.63, 3.8) is 0 Å². The van der Waals surface area contributed by atoms with Crippen LogP contribution in [-0.2, 0) is 4.79 Å². The Bertz CT molecular complexity index is 534. The van der Waals surface area contributed by atoms with E-state index in [1.54, 1.807) is 32.3 Å². The first-order valence-electron chi connectivity index (χ1n) is 7.31. The number of carbonyl (C=O) groups excluding carboxylic acids is 2. The van der Waals surface area contributed by atoms with E-state index in [0.717, 1.165) is 25.8 Å². The molecule has 1 aromatic rings. The molecule has 0 bridgehead atoms. The summed E-state index contributed by atoms with van der Waals surface area (Å²) >= 11 is 0. The SMILES string of the molecule is CN(C)C(=O)c1ccccc1NC(=O)C1(C)CCCCN1. The molecule has 1 unspecified atom stereocenters. The molecule has 114 valence electrons. The normalized spacial score (nSPS) is 21.7. The van der Waals surface area contributed by atoms with Gasteiger partial charge in [-0.2, -0.15) is 0 Å². The van der Waals surface area contributed by atoms with Crippen molar-refractivity contribution in [3.05, 3.63) is 29.8 Å². The summed E-state index contributed by atoms with van der Waals surface area (Å²) in [6.07, 6.45) is 2.94. The standard InChI is InChI=1S/C16H23N3O2/c1-16(10-6-7-11-17-16)15(21)18-13-9-5-4-8-12(13)14(20)19(2)3/h4-5,8-9,17H,6-7,10-11H2,1-3H3,(H,18,21). The second-order valence-electron chi connectivity index (χ2n) is 5.92. The summed E-state index contributed by atoms with van der Waals surface area (Å²) in [4.78, 5) is 26.2. The molecule has 1 aliphatic heterocycles. The van der Waals surface area contributed by atoms with Gasteiger partial charge < -0.3 is 15.5 Å². The lowest BCUT2D eigenvalue weighted by molar-refractivity contribution is -0.122. The van der Waals surface area contributed by atoms with Gasteiger partial charge in [-0.25, -0.2) is 0 Å². The van der Waals surface area contributed by atoms with E-state index in [2.05, 4.69) is 10.6 Å². The van der Waals surface area contributed by atoms with Crippen LogP contribution in [-0.4, -0.2) is 42.9 Å². The van der Waals surface area contributed by atoms with Crippen LogP contribution in [0.2, 0.25) is 0 Å². The molecule has 1 heterocycles. The number of anilines is 1. The summed E-state index contributed by atoms with van der Waals surface area (Å²) in [6, 6.07) is 7.11. The quantitative estimate of drug-likeness (QED) is 0.893. The molecule has 5 heteroatoms. The highest BCUT2D eigenvalue weighted by Gasteiger charge is 2.34. The molecular weight excluding hydrogens is 266 g/mol. The van der Waals surface area contributed by atoms with Crippen molar-refractivity contribution in [2.24, 2.45) is 0 Å². The van der Waals surface area contributed by atoms with E-state index in [-0.39, 0.29) is 11.8 Å². The van der Waals surface area contributed by atoms with Crippen molar-refractivity contribution in [1.29, 1.82) is 0 Å². The van der Waals surface area contributed by atoms with Crippen LogP contribution in [0.1, 0.15) is 36.5 Å². The first kappa shape index (κ1) is 15.5. The van der Waals surface area contributed by atoms with Crippen LogP contribution in [0.15, 0.2) is 24.3 Å². The molecule has 0 spiro atoms. The Balaban J connectivity index is 2.19. The number of nitrogens with zero attached hydrogens (tertiary/aromatic N) is 1. The molecule has 1 aliphatic rings. The smallest absolute Gasteiger partial charge is 0.255 e. The van der Waals surface area contributed by atoms with E-state index >= 15 is 0 Å². The first-order chi connectivity index (χ1) is 9.94. The van der Waals surface area contributed by atoms with Crippen LogP contribution in [0.25, 0.3) is 0 Å². The molecule has 1 saturated heterocycles. The Morgan fingerprint density at radius 3 is 2.57 bits per heavy atom. The maximum Gasteiger partial charge on any atom is 0.255 e. The van der Waals surface area contributed by atoms with E-state index in [1.807, 2.05) is 13.0 Å². The fraction of sp³-hybridized carbons (Fsp3) is 0.500.